The Morgan fingerprint density at radius 1 is 1.21 bits per heavy atom. The predicted molar refractivity (Wildman–Crippen MR) is 119 cm³/mol. The quantitative estimate of drug-likeness (QED) is 0.532. The number of alkyl halides is 3. The minimum atomic E-state index is -4.48. The van der Waals surface area contributed by atoms with Gasteiger partial charge in [0.1, 0.15) is 13.2 Å². The predicted octanol–water partition coefficient (Wildman–Crippen LogP) is 4.81. The number of pyridine rings is 1. The molecule has 1 aliphatic rings. The number of fused-ring (bicyclic) bond motifs is 1. The zero-order valence-electron chi connectivity index (χ0n) is 18.4. The Balaban J connectivity index is 1.47. The molecule has 1 N–H and O–H groups in total. The van der Waals surface area contributed by atoms with Crippen LogP contribution in [0, 0.1) is 0 Å². The number of carbonyl (C=O) groups excluding carboxylic acids is 1. The molecule has 0 spiro atoms. The van der Waals surface area contributed by atoms with E-state index in [1.807, 2.05) is 19.9 Å². The lowest BCUT2D eigenvalue weighted by molar-refractivity contribution is -0.137. The molecule has 1 aromatic carbocycles. The summed E-state index contributed by atoms with van der Waals surface area (Å²) >= 11 is 6.26. The fourth-order valence-corrected chi connectivity index (χ4v) is 3.96. The van der Waals surface area contributed by atoms with Crippen molar-refractivity contribution in [2.24, 2.45) is 0 Å². The molecule has 0 unspecified atom stereocenters. The number of hydrogen-bond donors (Lipinski definition) is 1. The number of benzene rings is 1. The largest absolute Gasteiger partial charge is 0.486 e. The van der Waals surface area contributed by atoms with E-state index in [1.54, 1.807) is 6.07 Å². The summed E-state index contributed by atoms with van der Waals surface area (Å²) in [5.74, 6) is 0.815. The molecule has 1 aliphatic heterocycles. The summed E-state index contributed by atoms with van der Waals surface area (Å²) in [5, 5.41) is 7.52. The standard InChI is InChI=1S/C23H22ClF3N4O3/c1-13(2)20-16(12-30-31(20)19-4-3-15(11-29-19)23(25,26)27)22(32)28-6-5-14-9-17(24)21-18(10-14)33-7-8-34-21/h3-4,9-13H,5-8H2,1-2H3,(H,28,32). The molecule has 2 aromatic heterocycles. The zero-order chi connectivity index (χ0) is 24.5. The van der Waals surface area contributed by atoms with Crippen LogP contribution >= 0.6 is 11.6 Å². The van der Waals surface area contributed by atoms with Crippen molar-refractivity contribution >= 4 is 17.5 Å². The third-order valence-electron chi connectivity index (χ3n) is 5.25. The Hall–Kier alpha value is -3.27. The van der Waals surface area contributed by atoms with Gasteiger partial charge in [-0.1, -0.05) is 25.4 Å². The lowest BCUT2D eigenvalue weighted by Gasteiger charge is -2.20. The lowest BCUT2D eigenvalue weighted by atomic mass is 10.0. The first-order chi connectivity index (χ1) is 16.1. The van der Waals surface area contributed by atoms with Gasteiger partial charge in [-0.05, 0) is 42.2 Å². The molecular weight excluding hydrogens is 473 g/mol. The monoisotopic (exact) mass is 494 g/mol. The van der Waals surface area contributed by atoms with Crippen molar-refractivity contribution in [3.05, 3.63) is 64.1 Å². The van der Waals surface area contributed by atoms with Gasteiger partial charge in [0.05, 0.1) is 28.0 Å². The highest BCUT2D eigenvalue weighted by Gasteiger charge is 2.31. The first-order valence-corrected chi connectivity index (χ1v) is 11.0. The number of nitrogens with zero attached hydrogens (tertiary/aromatic N) is 3. The van der Waals surface area contributed by atoms with E-state index < -0.39 is 11.7 Å². The van der Waals surface area contributed by atoms with E-state index in [0.717, 1.165) is 17.8 Å². The number of ether oxygens (including phenoxy) is 2. The second-order valence-electron chi connectivity index (χ2n) is 8.02. The van der Waals surface area contributed by atoms with Gasteiger partial charge >= 0.3 is 6.18 Å². The van der Waals surface area contributed by atoms with Gasteiger partial charge in [-0.2, -0.15) is 18.3 Å². The second kappa shape index (κ2) is 9.54. The summed E-state index contributed by atoms with van der Waals surface area (Å²) < 4.78 is 51.0. The molecule has 0 fully saturated rings. The number of halogens is 4. The summed E-state index contributed by atoms with van der Waals surface area (Å²) in [6, 6.07) is 5.77. The van der Waals surface area contributed by atoms with Crippen LogP contribution in [0.2, 0.25) is 5.02 Å². The topological polar surface area (TPSA) is 78.3 Å². The average Bonchev–Trinajstić information content (AvgIpc) is 3.24. The van der Waals surface area contributed by atoms with Crippen LogP contribution in [-0.2, 0) is 12.6 Å². The molecule has 180 valence electrons. The van der Waals surface area contributed by atoms with Gasteiger partial charge in [0, 0.05) is 12.7 Å². The first kappa shape index (κ1) is 23.9. The van der Waals surface area contributed by atoms with E-state index in [4.69, 9.17) is 21.1 Å². The number of carbonyl (C=O) groups is 1. The van der Waals surface area contributed by atoms with E-state index in [9.17, 15) is 18.0 Å². The van der Waals surface area contributed by atoms with Crippen LogP contribution in [0.25, 0.3) is 5.82 Å². The summed E-state index contributed by atoms with van der Waals surface area (Å²) in [7, 11) is 0. The van der Waals surface area contributed by atoms with Gasteiger partial charge < -0.3 is 14.8 Å². The number of aromatic nitrogens is 3. The highest BCUT2D eigenvalue weighted by Crippen LogP contribution is 2.38. The Bertz CT molecular complexity index is 1190. The number of amides is 1. The second-order valence-corrected chi connectivity index (χ2v) is 8.43. The fraction of sp³-hybridized carbons (Fsp3) is 0.348. The molecule has 0 saturated heterocycles. The molecular formula is C23H22ClF3N4O3. The van der Waals surface area contributed by atoms with Gasteiger partial charge in [0.25, 0.3) is 5.91 Å². The van der Waals surface area contributed by atoms with Crippen molar-refractivity contribution in [1.29, 1.82) is 0 Å². The van der Waals surface area contributed by atoms with Crippen LogP contribution in [0.4, 0.5) is 13.2 Å². The van der Waals surface area contributed by atoms with Crippen LogP contribution in [0.1, 0.15) is 46.9 Å². The number of nitrogens with one attached hydrogen (secondary N) is 1. The zero-order valence-corrected chi connectivity index (χ0v) is 19.2. The normalized spacial score (nSPS) is 13.3. The molecule has 1 amide bonds. The molecule has 3 heterocycles. The fourth-order valence-electron chi connectivity index (χ4n) is 3.67. The van der Waals surface area contributed by atoms with Gasteiger partial charge in [0.15, 0.2) is 17.3 Å². The van der Waals surface area contributed by atoms with Crippen molar-refractivity contribution in [2.75, 3.05) is 19.8 Å². The molecule has 0 atom stereocenters. The molecule has 0 aliphatic carbocycles. The lowest BCUT2D eigenvalue weighted by Crippen LogP contribution is -2.27. The first-order valence-electron chi connectivity index (χ1n) is 10.6. The van der Waals surface area contributed by atoms with Crippen LogP contribution in [0.3, 0.4) is 0 Å². The van der Waals surface area contributed by atoms with E-state index in [2.05, 4.69) is 15.4 Å². The van der Waals surface area contributed by atoms with Crippen molar-refractivity contribution in [3.8, 4) is 17.3 Å². The summed E-state index contributed by atoms with van der Waals surface area (Å²) in [5.41, 5.74) is 0.902. The van der Waals surface area contributed by atoms with Crippen molar-refractivity contribution in [1.82, 2.24) is 20.1 Å². The van der Waals surface area contributed by atoms with Crippen LogP contribution in [0.15, 0.2) is 36.7 Å². The van der Waals surface area contributed by atoms with Gasteiger partial charge in [-0.25, -0.2) is 9.67 Å². The maximum absolute atomic E-state index is 12.9. The minimum absolute atomic E-state index is 0.135. The van der Waals surface area contributed by atoms with E-state index in [1.165, 1.54) is 16.9 Å². The molecule has 11 heteroatoms. The third-order valence-corrected chi connectivity index (χ3v) is 5.53. The Kier molecular flexibility index (Phi) is 6.70. The number of rotatable bonds is 6. The van der Waals surface area contributed by atoms with E-state index >= 15 is 0 Å². The molecule has 4 rings (SSSR count). The maximum Gasteiger partial charge on any atom is 0.417 e. The molecule has 7 nitrogen and oxygen atoms in total. The summed E-state index contributed by atoms with van der Waals surface area (Å²) in [4.78, 5) is 16.8. The Morgan fingerprint density at radius 2 is 1.97 bits per heavy atom. The van der Waals surface area contributed by atoms with E-state index in [-0.39, 0.29) is 17.6 Å². The molecule has 0 saturated carbocycles. The van der Waals surface area contributed by atoms with Crippen LogP contribution in [-0.4, -0.2) is 40.4 Å². The smallest absolute Gasteiger partial charge is 0.417 e. The minimum Gasteiger partial charge on any atom is -0.486 e. The van der Waals surface area contributed by atoms with Gasteiger partial charge in [-0.3, -0.25) is 4.79 Å². The van der Waals surface area contributed by atoms with E-state index in [0.29, 0.717) is 54.0 Å². The third kappa shape index (κ3) is 4.96. The summed E-state index contributed by atoms with van der Waals surface area (Å²) in [6.07, 6.45) is -1.83. The Morgan fingerprint density at radius 3 is 2.65 bits per heavy atom. The molecule has 0 bridgehead atoms. The SMILES string of the molecule is CC(C)c1c(C(=O)NCCc2cc(Cl)c3c(c2)OCCO3)cnn1-c1ccc(C(F)(F)F)cn1. The van der Waals surface area contributed by atoms with Gasteiger partial charge in [-0.15, -0.1) is 0 Å². The Labute approximate surface area is 198 Å². The van der Waals surface area contributed by atoms with Crippen molar-refractivity contribution < 1.29 is 27.4 Å². The van der Waals surface area contributed by atoms with Crippen LogP contribution in [0.5, 0.6) is 11.5 Å². The molecule has 34 heavy (non-hydrogen) atoms. The van der Waals surface area contributed by atoms with Crippen molar-refractivity contribution in [2.45, 2.75) is 32.4 Å². The van der Waals surface area contributed by atoms with Crippen molar-refractivity contribution in [3.63, 3.8) is 0 Å². The average molecular weight is 495 g/mol. The highest BCUT2D eigenvalue weighted by molar-refractivity contribution is 6.32. The molecule has 0 radical (unpaired) electrons. The summed E-state index contributed by atoms with van der Waals surface area (Å²) in [6.45, 7) is 4.95. The van der Waals surface area contributed by atoms with Gasteiger partial charge in [0.2, 0.25) is 0 Å². The highest BCUT2D eigenvalue weighted by atomic mass is 35.5. The molecule has 3 aromatic rings. The van der Waals surface area contributed by atoms with Crippen LogP contribution < -0.4 is 14.8 Å². The number of hydrogen-bond acceptors (Lipinski definition) is 5. The maximum atomic E-state index is 12.9.